The molecule has 0 unspecified atom stereocenters. The van der Waals surface area contributed by atoms with Crippen molar-refractivity contribution in [3.63, 3.8) is 0 Å². The first-order valence-electron chi connectivity index (χ1n) is 7.10. The number of hydrogen-bond acceptors (Lipinski definition) is 4. The van der Waals surface area contributed by atoms with Gasteiger partial charge in [0.25, 0.3) is 5.91 Å². The molecule has 3 rings (SSSR count). The van der Waals surface area contributed by atoms with Crippen molar-refractivity contribution < 1.29 is 9.53 Å². The van der Waals surface area contributed by atoms with Crippen molar-refractivity contribution in [2.24, 2.45) is 0 Å². The van der Waals surface area contributed by atoms with Crippen molar-refractivity contribution in [1.82, 2.24) is 14.8 Å². The second-order valence-corrected chi connectivity index (χ2v) is 5.03. The van der Waals surface area contributed by atoms with Crippen molar-refractivity contribution in [1.29, 1.82) is 0 Å². The molecule has 0 saturated carbocycles. The van der Waals surface area contributed by atoms with E-state index in [9.17, 15) is 4.79 Å². The molecule has 1 N–H and O–H groups in total. The first-order chi connectivity index (χ1) is 11.2. The summed E-state index contributed by atoms with van der Waals surface area (Å²) in [5.74, 6) is 0.479. The van der Waals surface area contributed by atoms with Crippen LogP contribution in [0.25, 0.3) is 5.69 Å². The zero-order valence-electron chi connectivity index (χ0n) is 12.9. The number of benzene rings is 2. The monoisotopic (exact) mass is 308 g/mol. The zero-order chi connectivity index (χ0) is 16.2. The van der Waals surface area contributed by atoms with Crippen LogP contribution in [0.5, 0.6) is 5.75 Å². The summed E-state index contributed by atoms with van der Waals surface area (Å²) < 4.78 is 6.65. The molecular weight excluding hydrogens is 292 g/mol. The summed E-state index contributed by atoms with van der Waals surface area (Å²) in [7, 11) is 1.59. The highest BCUT2D eigenvalue weighted by Gasteiger charge is 2.12. The Kier molecular flexibility index (Phi) is 4.05. The Hall–Kier alpha value is -3.15. The lowest BCUT2D eigenvalue weighted by molar-refractivity contribution is 0.101. The average molecular weight is 308 g/mol. The first kappa shape index (κ1) is 14.8. The summed E-state index contributed by atoms with van der Waals surface area (Å²) in [6, 6.07) is 14.9. The van der Waals surface area contributed by atoms with Crippen LogP contribution in [0.15, 0.2) is 54.9 Å². The average Bonchev–Trinajstić information content (AvgIpc) is 3.06. The maximum absolute atomic E-state index is 12.2. The van der Waals surface area contributed by atoms with E-state index in [0.29, 0.717) is 5.69 Å². The van der Waals surface area contributed by atoms with E-state index in [4.69, 9.17) is 4.74 Å². The van der Waals surface area contributed by atoms with Crippen LogP contribution in [0.3, 0.4) is 0 Å². The molecular formula is C17H16N4O2. The van der Waals surface area contributed by atoms with Gasteiger partial charge < -0.3 is 10.1 Å². The van der Waals surface area contributed by atoms with E-state index in [1.807, 2.05) is 31.2 Å². The summed E-state index contributed by atoms with van der Waals surface area (Å²) in [6.45, 7) is 2.01. The second kappa shape index (κ2) is 6.31. The molecule has 0 aliphatic heterocycles. The van der Waals surface area contributed by atoms with Gasteiger partial charge in [0.05, 0.1) is 12.8 Å². The molecule has 0 aliphatic carbocycles. The molecule has 1 amide bonds. The van der Waals surface area contributed by atoms with Crippen molar-refractivity contribution >= 4 is 11.6 Å². The number of anilines is 1. The van der Waals surface area contributed by atoms with Gasteiger partial charge in [-0.1, -0.05) is 17.7 Å². The van der Waals surface area contributed by atoms with Crippen molar-refractivity contribution in [3.05, 3.63) is 66.2 Å². The summed E-state index contributed by atoms with van der Waals surface area (Å²) in [6.07, 6.45) is 1.52. The summed E-state index contributed by atoms with van der Waals surface area (Å²) >= 11 is 0. The Bertz CT molecular complexity index is 807. The molecule has 0 saturated heterocycles. The predicted octanol–water partition coefficient (Wildman–Crippen LogP) is 2.84. The van der Waals surface area contributed by atoms with E-state index in [2.05, 4.69) is 15.4 Å². The smallest absolute Gasteiger partial charge is 0.295 e. The van der Waals surface area contributed by atoms with Crippen LogP contribution in [0.1, 0.15) is 16.2 Å². The molecule has 0 aliphatic rings. The quantitative estimate of drug-likeness (QED) is 0.804. The fraction of sp³-hybridized carbons (Fsp3) is 0.118. The van der Waals surface area contributed by atoms with Crippen LogP contribution < -0.4 is 10.1 Å². The number of nitrogens with one attached hydrogen (secondary N) is 1. The Balaban J connectivity index is 1.74. The first-order valence-corrected chi connectivity index (χ1v) is 7.10. The fourth-order valence-electron chi connectivity index (χ4n) is 2.05. The predicted molar refractivity (Wildman–Crippen MR) is 87.0 cm³/mol. The minimum atomic E-state index is -0.360. The fourth-order valence-corrected chi connectivity index (χ4v) is 2.05. The lowest BCUT2D eigenvalue weighted by atomic mass is 10.2. The van der Waals surface area contributed by atoms with Crippen molar-refractivity contribution in [2.75, 3.05) is 12.4 Å². The van der Waals surface area contributed by atoms with E-state index in [-0.39, 0.29) is 11.7 Å². The van der Waals surface area contributed by atoms with Gasteiger partial charge in [0.15, 0.2) is 0 Å². The number of nitrogens with zero attached hydrogens (tertiary/aromatic N) is 3. The number of carbonyl (C=O) groups excluding carboxylic acids is 1. The third-order valence-electron chi connectivity index (χ3n) is 3.34. The largest absolute Gasteiger partial charge is 0.497 e. The van der Waals surface area contributed by atoms with Gasteiger partial charge in [-0.2, -0.15) is 0 Å². The highest BCUT2D eigenvalue weighted by molar-refractivity contribution is 6.01. The van der Waals surface area contributed by atoms with Crippen LogP contribution in [0, 0.1) is 6.92 Å². The standard InChI is InChI=1S/C17H16N4O2/c1-12-3-7-14(8-4-12)21-11-18-16(20-21)17(22)19-13-5-9-15(23-2)10-6-13/h3-11H,1-2H3,(H,19,22). The van der Waals surface area contributed by atoms with Crippen LogP contribution in [0.2, 0.25) is 0 Å². The second-order valence-electron chi connectivity index (χ2n) is 5.03. The number of methoxy groups -OCH3 is 1. The van der Waals surface area contributed by atoms with Crippen molar-refractivity contribution in [3.8, 4) is 11.4 Å². The lowest BCUT2D eigenvalue weighted by Gasteiger charge is -2.04. The molecule has 1 aromatic heterocycles. The number of carbonyl (C=O) groups is 1. The molecule has 6 heteroatoms. The number of rotatable bonds is 4. The van der Waals surface area contributed by atoms with E-state index >= 15 is 0 Å². The molecule has 0 bridgehead atoms. The minimum absolute atomic E-state index is 0.112. The molecule has 0 spiro atoms. The normalized spacial score (nSPS) is 10.3. The molecule has 2 aromatic carbocycles. The maximum Gasteiger partial charge on any atom is 0.295 e. The number of aryl methyl sites for hydroxylation is 1. The van der Waals surface area contributed by atoms with Gasteiger partial charge in [-0.25, -0.2) is 9.67 Å². The summed E-state index contributed by atoms with van der Waals surface area (Å²) in [4.78, 5) is 16.2. The Morgan fingerprint density at radius 3 is 2.43 bits per heavy atom. The van der Waals surface area contributed by atoms with Crippen molar-refractivity contribution in [2.45, 2.75) is 6.92 Å². The minimum Gasteiger partial charge on any atom is -0.497 e. The van der Waals surface area contributed by atoms with Gasteiger partial charge in [-0.3, -0.25) is 4.79 Å². The molecule has 0 fully saturated rings. The van der Waals surface area contributed by atoms with Gasteiger partial charge in [0, 0.05) is 5.69 Å². The van der Waals surface area contributed by atoms with E-state index in [1.54, 1.807) is 36.1 Å². The van der Waals surface area contributed by atoms with Gasteiger partial charge >= 0.3 is 0 Å². The Labute approximate surface area is 133 Å². The van der Waals surface area contributed by atoms with E-state index in [0.717, 1.165) is 17.0 Å². The van der Waals surface area contributed by atoms with Crippen LogP contribution in [-0.2, 0) is 0 Å². The number of ether oxygens (including phenoxy) is 1. The number of aromatic nitrogens is 3. The number of amides is 1. The molecule has 0 atom stereocenters. The lowest BCUT2D eigenvalue weighted by Crippen LogP contribution is -2.14. The number of hydrogen-bond donors (Lipinski definition) is 1. The summed E-state index contributed by atoms with van der Waals surface area (Å²) in [5, 5.41) is 6.96. The molecule has 6 nitrogen and oxygen atoms in total. The molecule has 1 heterocycles. The summed E-state index contributed by atoms with van der Waals surface area (Å²) in [5.41, 5.74) is 2.67. The van der Waals surface area contributed by atoms with Crippen LogP contribution >= 0.6 is 0 Å². The Morgan fingerprint density at radius 2 is 1.78 bits per heavy atom. The van der Waals surface area contributed by atoms with E-state index in [1.165, 1.54) is 6.33 Å². The van der Waals surface area contributed by atoms with Gasteiger partial charge in [0.2, 0.25) is 5.82 Å². The molecule has 3 aromatic rings. The van der Waals surface area contributed by atoms with Gasteiger partial charge in [0.1, 0.15) is 12.1 Å². The highest BCUT2D eigenvalue weighted by atomic mass is 16.5. The third-order valence-corrected chi connectivity index (χ3v) is 3.34. The van der Waals surface area contributed by atoms with Gasteiger partial charge in [-0.15, -0.1) is 5.10 Å². The Morgan fingerprint density at radius 1 is 1.09 bits per heavy atom. The third kappa shape index (κ3) is 3.37. The van der Waals surface area contributed by atoms with Crippen LogP contribution in [-0.4, -0.2) is 27.8 Å². The van der Waals surface area contributed by atoms with Gasteiger partial charge in [-0.05, 0) is 43.3 Å². The van der Waals surface area contributed by atoms with Crippen LogP contribution in [0.4, 0.5) is 5.69 Å². The van der Waals surface area contributed by atoms with E-state index < -0.39 is 0 Å². The topological polar surface area (TPSA) is 69.0 Å². The highest BCUT2D eigenvalue weighted by Crippen LogP contribution is 2.15. The molecule has 23 heavy (non-hydrogen) atoms. The maximum atomic E-state index is 12.2. The molecule has 116 valence electrons. The SMILES string of the molecule is COc1ccc(NC(=O)c2ncn(-c3ccc(C)cc3)n2)cc1. The zero-order valence-corrected chi connectivity index (χ0v) is 12.9. The molecule has 0 radical (unpaired) electrons.